The van der Waals surface area contributed by atoms with Crippen molar-refractivity contribution in [2.24, 2.45) is 5.92 Å². The lowest BCUT2D eigenvalue weighted by Gasteiger charge is -2.32. The Labute approximate surface area is 221 Å². The van der Waals surface area contributed by atoms with Crippen molar-refractivity contribution in [3.63, 3.8) is 0 Å². The standard InChI is InChI=1S/C27H37F2N3O6/c1-17(2)22(16-37-15-19-7-6-12-30-14-19)31-24(35)27(28,29)23(34)21(32-25(36)38-26(3,4)5)13-18-8-10-20(33)11-9-18/h6-12,14,17,21-23,33-34H,13,15-16H2,1-5H3,(H,31,35)(H,32,36)/t21?,22-,23?/m0/s1. The van der Waals surface area contributed by atoms with Crippen LogP contribution in [-0.2, 0) is 27.3 Å². The van der Waals surface area contributed by atoms with Crippen molar-refractivity contribution in [2.45, 2.75) is 77.4 Å². The molecule has 4 N–H and O–H groups in total. The SMILES string of the molecule is CC(C)[C@H](COCc1cccnc1)NC(=O)C(F)(F)C(O)C(Cc1ccc(O)cc1)NC(=O)OC(C)(C)C. The molecule has 0 fully saturated rings. The van der Waals surface area contributed by atoms with Crippen molar-refractivity contribution in [2.75, 3.05) is 6.61 Å². The third-order valence-corrected chi connectivity index (χ3v) is 5.56. The Morgan fingerprint density at radius 2 is 1.68 bits per heavy atom. The van der Waals surface area contributed by atoms with E-state index in [1.807, 2.05) is 0 Å². The summed E-state index contributed by atoms with van der Waals surface area (Å²) in [6.07, 6.45) is -0.654. The molecular formula is C27H37F2N3O6. The van der Waals surface area contributed by atoms with Crippen LogP contribution in [0.4, 0.5) is 13.6 Å². The number of nitrogens with one attached hydrogen (secondary N) is 2. The molecule has 1 aromatic carbocycles. The first kappa shape index (κ1) is 30.9. The molecule has 2 aromatic rings. The highest BCUT2D eigenvalue weighted by Crippen LogP contribution is 2.25. The molecule has 11 heteroatoms. The molecule has 1 heterocycles. The quantitative estimate of drug-likeness (QED) is 0.326. The van der Waals surface area contributed by atoms with E-state index in [9.17, 15) is 19.8 Å². The van der Waals surface area contributed by atoms with Gasteiger partial charge in [-0.05, 0) is 62.4 Å². The number of alkyl halides is 2. The molecule has 210 valence electrons. The number of benzene rings is 1. The Hall–Kier alpha value is -3.31. The number of aliphatic hydroxyl groups is 1. The highest BCUT2D eigenvalue weighted by atomic mass is 19.3. The van der Waals surface area contributed by atoms with Gasteiger partial charge in [0, 0.05) is 12.4 Å². The zero-order chi connectivity index (χ0) is 28.5. The molecule has 0 spiro atoms. The van der Waals surface area contributed by atoms with Gasteiger partial charge >= 0.3 is 12.0 Å². The van der Waals surface area contributed by atoms with Crippen LogP contribution in [0.3, 0.4) is 0 Å². The van der Waals surface area contributed by atoms with Gasteiger partial charge in [0.25, 0.3) is 5.91 Å². The Bertz CT molecular complexity index is 1030. The number of carbonyl (C=O) groups excluding carboxylic acids is 2. The maximum Gasteiger partial charge on any atom is 0.407 e. The van der Waals surface area contributed by atoms with Crippen LogP contribution >= 0.6 is 0 Å². The number of nitrogens with zero attached hydrogens (tertiary/aromatic N) is 1. The summed E-state index contributed by atoms with van der Waals surface area (Å²) in [7, 11) is 0. The predicted octanol–water partition coefficient (Wildman–Crippen LogP) is 3.58. The number of hydrogen-bond acceptors (Lipinski definition) is 7. The van der Waals surface area contributed by atoms with E-state index in [0.717, 1.165) is 5.56 Å². The summed E-state index contributed by atoms with van der Waals surface area (Å²) >= 11 is 0. The fraction of sp³-hybridized carbons (Fsp3) is 0.519. The van der Waals surface area contributed by atoms with Crippen LogP contribution in [0.15, 0.2) is 48.8 Å². The number of hydrogen-bond donors (Lipinski definition) is 4. The van der Waals surface area contributed by atoms with Gasteiger partial charge in [-0.1, -0.05) is 32.0 Å². The summed E-state index contributed by atoms with van der Waals surface area (Å²) in [6.45, 7) is 8.42. The molecule has 0 aliphatic rings. The van der Waals surface area contributed by atoms with E-state index in [4.69, 9.17) is 9.47 Å². The molecule has 0 aliphatic heterocycles. The minimum Gasteiger partial charge on any atom is -0.508 e. The molecule has 0 saturated heterocycles. The van der Waals surface area contributed by atoms with Gasteiger partial charge in [0.05, 0.1) is 25.3 Å². The number of amides is 2. The van der Waals surface area contributed by atoms with Crippen LogP contribution < -0.4 is 10.6 Å². The maximum atomic E-state index is 15.3. The Balaban J connectivity index is 2.14. The van der Waals surface area contributed by atoms with Crippen molar-refractivity contribution in [1.29, 1.82) is 0 Å². The molecule has 1 aromatic heterocycles. The first-order valence-electron chi connectivity index (χ1n) is 12.3. The van der Waals surface area contributed by atoms with Crippen LogP contribution in [-0.4, -0.2) is 63.5 Å². The molecule has 38 heavy (non-hydrogen) atoms. The molecule has 3 atom stereocenters. The molecular weight excluding hydrogens is 500 g/mol. The molecule has 0 saturated carbocycles. The third kappa shape index (κ3) is 9.86. The van der Waals surface area contributed by atoms with Crippen molar-refractivity contribution in [3.05, 3.63) is 59.9 Å². The van der Waals surface area contributed by atoms with Gasteiger partial charge in [-0.3, -0.25) is 9.78 Å². The minimum absolute atomic E-state index is 0.0406. The van der Waals surface area contributed by atoms with Crippen LogP contribution in [0.1, 0.15) is 45.7 Å². The fourth-order valence-corrected chi connectivity index (χ4v) is 3.43. The Kier molecular flexibility index (Phi) is 11.0. The number of aliphatic hydroxyl groups excluding tert-OH is 1. The average molecular weight is 538 g/mol. The van der Waals surface area contributed by atoms with E-state index < -0.39 is 41.7 Å². The summed E-state index contributed by atoms with van der Waals surface area (Å²) in [5.74, 6) is -6.27. The van der Waals surface area contributed by atoms with Crippen LogP contribution in [0.2, 0.25) is 0 Å². The summed E-state index contributed by atoms with van der Waals surface area (Å²) < 4.78 is 41.3. The second kappa shape index (κ2) is 13.5. The van der Waals surface area contributed by atoms with Crippen molar-refractivity contribution >= 4 is 12.0 Å². The lowest BCUT2D eigenvalue weighted by Crippen LogP contribution is -2.60. The number of halogens is 2. The van der Waals surface area contributed by atoms with Crippen LogP contribution in [0.5, 0.6) is 5.75 Å². The molecule has 0 bridgehead atoms. The normalized spacial score (nSPS) is 14.4. The maximum absolute atomic E-state index is 15.3. The van der Waals surface area contributed by atoms with Crippen LogP contribution in [0.25, 0.3) is 0 Å². The van der Waals surface area contributed by atoms with Gasteiger partial charge in [0.2, 0.25) is 0 Å². The van der Waals surface area contributed by atoms with Gasteiger partial charge in [-0.25, -0.2) is 4.79 Å². The number of phenolic OH excluding ortho intramolecular Hbond substituents is 1. The van der Waals surface area contributed by atoms with E-state index in [0.29, 0.717) is 5.56 Å². The van der Waals surface area contributed by atoms with Gasteiger partial charge in [0.15, 0.2) is 0 Å². The molecule has 2 rings (SSSR count). The molecule has 0 radical (unpaired) electrons. The molecule has 0 aliphatic carbocycles. The topological polar surface area (TPSA) is 130 Å². The predicted molar refractivity (Wildman–Crippen MR) is 137 cm³/mol. The summed E-state index contributed by atoms with van der Waals surface area (Å²) in [4.78, 5) is 29.1. The van der Waals surface area contributed by atoms with E-state index in [2.05, 4.69) is 15.6 Å². The van der Waals surface area contributed by atoms with Crippen molar-refractivity contribution in [3.8, 4) is 5.75 Å². The number of ether oxygens (including phenoxy) is 2. The van der Waals surface area contributed by atoms with E-state index >= 15 is 8.78 Å². The summed E-state index contributed by atoms with van der Waals surface area (Å²) in [5, 5.41) is 24.7. The van der Waals surface area contributed by atoms with E-state index in [-0.39, 0.29) is 31.3 Å². The molecule has 9 nitrogen and oxygen atoms in total. The van der Waals surface area contributed by atoms with Gasteiger partial charge in [0.1, 0.15) is 17.5 Å². The monoisotopic (exact) mass is 537 g/mol. The second-order valence-corrected chi connectivity index (χ2v) is 10.4. The lowest BCUT2D eigenvalue weighted by atomic mass is 9.96. The third-order valence-electron chi connectivity index (χ3n) is 5.56. The van der Waals surface area contributed by atoms with Crippen molar-refractivity contribution < 1.29 is 38.1 Å². The zero-order valence-electron chi connectivity index (χ0n) is 22.3. The smallest absolute Gasteiger partial charge is 0.407 e. The van der Waals surface area contributed by atoms with Gasteiger partial charge < -0.3 is 30.3 Å². The van der Waals surface area contributed by atoms with Gasteiger partial charge in [-0.2, -0.15) is 8.78 Å². The number of alkyl carbamates (subject to hydrolysis) is 1. The number of aromatic hydroxyl groups is 1. The first-order chi connectivity index (χ1) is 17.7. The Morgan fingerprint density at radius 3 is 2.24 bits per heavy atom. The number of aromatic nitrogens is 1. The van der Waals surface area contributed by atoms with Crippen molar-refractivity contribution in [1.82, 2.24) is 15.6 Å². The van der Waals surface area contributed by atoms with E-state index in [1.54, 1.807) is 59.1 Å². The first-order valence-corrected chi connectivity index (χ1v) is 12.3. The zero-order valence-corrected chi connectivity index (χ0v) is 22.3. The number of rotatable bonds is 12. The number of phenols is 1. The van der Waals surface area contributed by atoms with Gasteiger partial charge in [-0.15, -0.1) is 0 Å². The van der Waals surface area contributed by atoms with Crippen LogP contribution in [0, 0.1) is 5.92 Å². The fourth-order valence-electron chi connectivity index (χ4n) is 3.43. The molecule has 2 amide bonds. The second-order valence-electron chi connectivity index (χ2n) is 10.4. The minimum atomic E-state index is -4.27. The lowest BCUT2D eigenvalue weighted by molar-refractivity contribution is -0.168. The Morgan fingerprint density at radius 1 is 1.03 bits per heavy atom. The number of pyridine rings is 1. The largest absolute Gasteiger partial charge is 0.508 e. The summed E-state index contributed by atoms with van der Waals surface area (Å²) in [6, 6.07) is 6.78. The highest BCUT2D eigenvalue weighted by molar-refractivity contribution is 5.84. The number of carbonyl (C=O) groups is 2. The average Bonchev–Trinajstić information content (AvgIpc) is 2.83. The highest BCUT2D eigenvalue weighted by Gasteiger charge is 2.51. The molecule has 2 unspecified atom stereocenters. The van der Waals surface area contributed by atoms with E-state index in [1.165, 1.54) is 24.3 Å². The summed E-state index contributed by atoms with van der Waals surface area (Å²) in [5.41, 5.74) is 0.300.